The summed E-state index contributed by atoms with van der Waals surface area (Å²) in [6.07, 6.45) is 5.24. The maximum atomic E-state index is 6.14. The zero-order valence-electron chi connectivity index (χ0n) is 11.3. The fourth-order valence-corrected chi connectivity index (χ4v) is 2.37. The number of alkyl halides is 1. The Morgan fingerprint density at radius 3 is 2.44 bits per heavy atom. The van der Waals surface area contributed by atoms with E-state index in [1.54, 1.807) is 7.11 Å². The maximum Gasteiger partial charge on any atom is 0.0696 e. The molecular formula is C13H28ClNO. The van der Waals surface area contributed by atoms with Crippen LogP contribution in [0.1, 0.15) is 39.5 Å². The van der Waals surface area contributed by atoms with Crippen molar-refractivity contribution in [1.29, 1.82) is 0 Å². The summed E-state index contributed by atoms with van der Waals surface area (Å²) < 4.78 is 5.04. The molecule has 0 aromatic carbocycles. The van der Waals surface area contributed by atoms with Gasteiger partial charge in [0.1, 0.15) is 0 Å². The Morgan fingerprint density at radius 1 is 1.25 bits per heavy atom. The Hall–Kier alpha value is 0.210. The van der Waals surface area contributed by atoms with E-state index in [1.807, 2.05) is 0 Å². The van der Waals surface area contributed by atoms with E-state index in [-0.39, 0.29) is 5.38 Å². The first-order valence-electron chi connectivity index (χ1n) is 6.45. The number of ether oxygens (including phenoxy) is 1. The first kappa shape index (κ1) is 16.2. The van der Waals surface area contributed by atoms with Gasteiger partial charge in [0.25, 0.3) is 0 Å². The van der Waals surface area contributed by atoms with Gasteiger partial charge in [-0.2, -0.15) is 0 Å². The van der Waals surface area contributed by atoms with Gasteiger partial charge in [0.2, 0.25) is 0 Å². The monoisotopic (exact) mass is 249 g/mol. The summed E-state index contributed by atoms with van der Waals surface area (Å²) in [5, 5.41) is 0.110. The zero-order chi connectivity index (χ0) is 12.4. The van der Waals surface area contributed by atoms with Crippen molar-refractivity contribution < 1.29 is 4.74 Å². The number of nitrogens with zero attached hydrogens (tertiary/aromatic N) is 1. The molecule has 2 unspecified atom stereocenters. The largest absolute Gasteiger partial charge is 0.383 e. The maximum absolute atomic E-state index is 6.14. The predicted octanol–water partition coefficient (Wildman–Crippen LogP) is 3.39. The highest BCUT2D eigenvalue weighted by atomic mass is 35.5. The van der Waals surface area contributed by atoms with Crippen molar-refractivity contribution in [3.05, 3.63) is 0 Å². The van der Waals surface area contributed by atoms with Crippen molar-refractivity contribution >= 4 is 11.6 Å². The number of methoxy groups -OCH3 is 1. The molecule has 0 amide bonds. The number of unbranched alkanes of at least 4 members (excludes halogenated alkanes) is 1. The molecule has 0 fully saturated rings. The molecule has 0 radical (unpaired) electrons. The lowest BCUT2D eigenvalue weighted by atomic mass is 9.99. The lowest BCUT2D eigenvalue weighted by molar-refractivity contribution is 0.175. The first-order chi connectivity index (χ1) is 7.63. The van der Waals surface area contributed by atoms with Crippen LogP contribution in [0.5, 0.6) is 0 Å². The van der Waals surface area contributed by atoms with Crippen LogP contribution in [0.4, 0.5) is 0 Å². The fourth-order valence-electron chi connectivity index (χ4n) is 2.00. The molecule has 0 aliphatic heterocycles. The molecule has 2 nitrogen and oxygen atoms in total. The molecule has 0 aliphatic rings. The molecular weight excluding hydrogens is 222 g/mol. The van der Waals surface area contributed by atoms with E-state index in [2.05, 4.69) is 25.8 Å². The normalized spacial score (nSPS) is 15.4. The summed E-state index contributed by atoms with van der Waals surface area (Å²) in [5.74, 6) is 0.816. The van der Waals surface area contributed by atoms with Crippen LogP contribution in [0, 0.1) is 5.92 Å². The van der Waals surface area contributed by atoms with E-state index < -0.39 is 0 Å². The third-order valence-electron chi connectivity index (χ3n) is 2.97. The van der Waals surface area contributed by atoms with Crippen molar-refractivity contribution in [2.75, 3.05) is 33.9 Å². The molecule has 0 aliphatic carbocycles. The number of rotatable bonds is 10. The minimum absolute atomic E-state index is 0.110. The van der Waals surface area contributed by atoms with Crippen LogP contribution in [0.15, 0.2) is 0 Å². The lowest BCUT2D eigenvalue weighted by Crippen LogP contribution is -2.32. The smallest absolute Gasteiger partial charge is 0.0696 e. The Morgan fingerprint density at radius 2 is 1.94 bits per heavy atom. The van der Waals surface area contributed by atoms with Crippen molar-refractivity contribution in [3.63, 3.8) is 0 Å². The molecule has 0 bridgehead atoms. The second-order valence-electron chi connectivity index (χ2n) is 4.69. The average molecular weight is 250 g/mol. The Labute approximate surface area is 106 Å². The van der Waals surface area contributed by atoms with E-state index in [0.717, 1.165) is 19.0 Å². The van der Waals surface area contributed by atoms with Gasteiger partial charge in [-0.25, -0.2) is 0 Å². The van der Waals surface area contributed by atoms with Gasteiger partial charge in [0.15, 0.2) is 0 Å². The topological polar surface area (TPSA) is 12.5 Å². The molecule has 0 heterocycles. The van der Waals surface area contributed by atoms with Gasteiger partial charge in [-0.3, -0.25) is 0 Å². The van der Waals surface area contributed by atoms with E-state index in [4.69, 9.17) is 16.3 Å². The average Bonchev–Trinajstić information content (AvgIpc) is 2.24. The van der Waals surface area contributed by atoms with Crippen LogP contribution in [0.25, 0.3) is 0 Å². The summed E-state index contributed by atoms with van der Waals surface area (Å²) in [5.41, 5.74) is 0. The third-order valence-corrected chi connectivity index (χ3v) is 3.23. The van der Waals surface area contributed by atoms with Crippen LogP contribution >= 0.6 is 11.6 Å². The van der Waals surface area contributed by atoms with Gasteiger partial charge in [0, 0.05) is 20.2 Å². The van der Waals surface area contributed by atoms with Crippen molar-refractivity contribution in [3.8, 4) is 0 Å². The van der Waals surface area contributed by atoms with E-state index in [1.165, 1.54) is 25.7 Å². The molecule has 3 heteroatoms. The van der Waals surface area contributed by atoms with Crippen molar-refractivity contribution in [2.45, 2.75) is 44.9 Å². The molecule has 0 aromatic rings. The summed E-state index contributed by atoms with van der Waals surface area (Å²) in [6, 6.07) is 0. The van der Waals surface area contributed by atoms with Crippen LogP contribution in [0.3, 0.4) is 0 Å². The van der Waals surface area contributed by atoms with Crippen LogP contribution in [-0.2, 0) is 4.74 Å². The summed E-state index contributed by atoms with van der Waals surface area (Å²) in [6.45, 7) is 7.24. The molecule has 16 heavy (non-hydrogen) atoms. The van der Waals surface area contributed by atoms with E-state index in [0.29, 0.717) is 6.61 Å². The number of hydrogen-bond donors (Lipinski definition) is 0. The van der Waals surface area contributed by atoms with E-state index >= 15 is 0 Å². The molecule has 98 valence electrons. The first-order valence-corrected chi connectivity index (χ1v) is 6.89. The second kappa shape index (κ2) is 10.4. The van der Waals surface area contributed by atoms with Crippen LogP contribution in [0.2, 0.25) is 0 Å². The Bertz CT molecular complexity index is 155. The van der Waals surface area contributed by atoms with Crippen LogP contribution < -0.4 is 0 Å². The predicted molar refractivity (Wildman–Crippen MR) is 72.3 cm³/mol. The summed E-state index contributed by atoms with van der Waals surface area (Å²) >= 11 is 6.14. The Kier molecular flexibility index (Phi) is 10.5. The van der Waals surface area contributed by atoms with Crippen molar-refractivity contribution in [2.24, 2.45) is 5.92 Å². The highest BCUT2D eigenvalue weighted by molar-refractivity contribution is 6.20. The Balaban J connectivity index is 3.76. The summed E-state index contributed by atoms with van der Waals surface area (Å²) in [4.78, 5) is 2.33. The number of halogens is 1. The van der Waals surface area contributed by atoms with E-state index in [9.17, 15) is 0 Å². The number of hydrogen-bond acceptors (Lipinski definition) is 2. The molecule has 0 aromatic heterocycles. The van der Waals surface area contributed by atoms with Gasteiger partial charge < -0.3 is 9.64 Å². The minimum atomic E-state index is 0.110. The second-order valence-corrected chi connectivity index (χ2v) is 5.31. The zero-order valence-corrected chi connectivity index (χ0v) is 12.1. The molecule has 0 spiro atoms. The minimum Gasteiger partial charge on any atom is -0.383 e. The SMILES string of the molecule is CCCCC(CC)CN(C)CC(Cl)COC. The standard InChI is InChI=1S/C13H28ClNO/c1-5-7-8-12(6-2)9-15(3)10-13(14)11-16-4/h12-13H,5-11H2,1-4H3. The van der Waals surface area contributed by atoms with Crippen LogP contribution in [-0.4, -0.2) is 44.1 Å². The third kappa shape index (κ3) is 8.37. The molecule has 0 saturated carbocycles. The highest BCUT2D eigenvalue weighted by Gasteiger charge is 2.12. The van der Waals surface area contributed by atoms with Gasteiger partial charge in [-0.05, 0) is 19.4 Å². The molecule has 0 N–H and O–H groups in total. The molecule has 0 rings (SSSR count). The lowest BCUT2D eigenvalue weighted by Gasteiger charge is -2.24. The summed E-state index contributed by atoms with van der Waals surface area (Å²) in [7, 11) is 3.85. The van der Waals surface area contributed by atoms with Gasteiger partial charge in [-0.15, -0.1) is 11.6 Å². The molecule has 0 saturated heterocycles. The highest BCUT2D eigenvalue weighted by Crippen LogP contribution is 2.14. The van der Waals surface area contributed by atoms with Gasteiger partial charge in [-0.1, -0.05) is 33.1 Å². The van der Waals surface area contributed by atoms with Gasteiger partial charge in [0.05, 0.1) is 12.0 Å². The fraction of sp³-hybridized carbons (Fsp3) is 1.00. The van der Waals surface area contributed by atoms with Crippen molar-refractivity contribution in [1.82, 2.24) is 4.90 Å². The van der Waals surface area contributed by atoms with Gasteiger partial charge >= 0.3 is 0 Å². The molecule has 2 atom stereocenters. The quantitative estimate of drug-likeness (QED) is 0.551.